The van der Waals surface area contributed by atoms with Crippen molar-refractivity contribution in [2.24, 2.45) is 0 Å². The Balaban J connectivity index is 1.29. The van der Waals surface area contributed by atoms with Crippen molar-refractivity contribution in [2.45, 2.75) is 12.3 Å². The lowest BCUT2D eigenvalue weighted by atomic mass is 10.1. The van der Waals surface area contributed by atoms with Gasteiger partial charge in [0.25, 0.3) is 0 Å². The van der Waals surface area contributed by atoms with Gasteiger partial charge in [0.15, 0.2) is 0 Å². The van der Waals surface area contributed by atoms with Gasteiger partial charge >= 0.3 is 0 Å². The first-order valence-electron chi connectivity index (χ1n) is 9.78. The number of nitrogens with zero attached hydrogens (tertiary/aromatic N) is 3. The molecule has 6 nitrogen and oxygen atoms in total. The Morgan fingerprint density at radius 3 is 2.27 bits per heavy atom. The zero-order chi connectivity index (χ0) is 20.3. The normalized spacial score (nSPS) is 16.1. The fourth-order valence-electron chi connectivity index (χ4n) is 3.55. The predicted molar refractivity (Wildman–Crippen MR) is 112 cm³/mol. The van der Waals surface area contributed by atoms with Crippen LogP contribution in [0, 0.1) is 0 Å². The first-order valence-corrected chi connectivity index (χ1v) is 9.78. The van der Waals surface area contributed by atoms with E-state index in [-0.39, 0.29) is 11.8 Å². The van der Waals surface area contributed by atoms with Crippen LogP contribution in [-0.2, 0) is 4.79 Å². The molecule has 1 fully saturated rings. The number of hydrogen-bond acceptors (Lipinski definition) is 5. The summed E-state index contributed by atoms with van der Waals surface area (Å²) >= 11 is 0. The van der Waals surface area contributed by atoms with Gasteiger partial charge in [-0.15, -0.1) is 0 Å². The Kier molecular flexibility index (Phi) is 4.73. The van der Waals surface area contributed by atoms with E-state index in [9.17, 15) is 4.79 Å². The molecule has 0 spiro atoms. The number of amides is 1. The van der Waals surface area contributed by atoms with Gasteiger partial charge in [0.2, 0.25) is 17.6 Å². The van der Waals surface area contributed by atoms with Crippen LogP contribution in [0.5, 0.6) is 11.5 Å². The summed E-state index contributed by atoms with van der Waals surface area (Å²) < 4.78 is 11.3. The summed E-state index contributed by atoms with van der Waals surface area (Å²) in [4.78, 5) is 18.8. The molecule has 1 amide bonds. The monoisotopic (exact) mass is 397 g/mol. The second-order valence-corrected chi connectivity index (χ2v) is 7.14. The van der Waals surface area contributed by atoms with Crippen molar-refractivity contribution in [3.63, 3.8) is 0 Å². The van der Waals surface area contributed by atoms with Crippen molar-refractivity contribution < 1.29 is 14.1 Å². The lowest BCUT2D eigenvalue weighted by Crippen LogP contribution is -2.24. The van der Waals surface area contributed by atoms with Crippen molar-refractivity contribution in [1.82, 2.24) is 10.1 Å². The Hall–Kier alpha value is -3.93. The van der Waals surface area contributed by atoms with E-state index in [0.717, 1.165) is 22.7 Å². The zero-order valence-electron chi connectivity index (χ0n) is 16.1. The molecule has 1 aliphatic rings. The van der Waals surface area contributed by atoms with Gasteiger partial charge in [0.1, 0.15) is 11.5 Å². The number of anilines is 1. The van der Waals surface area contributed by atoms with Gasteiger partial charge in [0.05, 0.1) is 5.92 Å². The van der Waals surface area contributed by atoms with E-state index in [4.69, 9.17) is 9.26 Å². The van der Waals surface area contributed by atoms with Crippen molar-refractivity contribution in [3.05, 3.63) is 90.8 Å². The molecule has 0 bridgehead atoms. The van der Waals surface area contributed by atoms with Gasteiger partial charge in [-0.3, -0.25) is 4.79 Å². The van der Waals surface area contributed by atoms with Crippen LogP contribution in [0.1, 0.15) is 18.2 Å². The number of carbonyl (C=O) groups is 1. The molecule has 0 aliphatic carbocycles. The van der Waals surface area contributed by atoms with E-state index in [0.29, 0.717) is 24.7 Å². The Morgan fingerprint density at radius 1 is 0.867 bits per heavy atom. The number of benzene rings is 3. The topological polar surface area (TPSA) is 68.5 Å². The first-order chi connectivity index (χ1) is 14.8. The molecule has 3 aromatic carbocycles. The summed E-state index contributed by atoms with van der Waals surface area (Å²) in [6, 6.07) is 26.8. The Bertz CT molecular complexity index is 1140. The number of para-hydroxylation sites is 2. The van der Waals surface area contributed by atoms with Crippen LogP contribution < -0.4 is 9.64 Å². The van der Waals surface area contributed by atoms with Gasteiger partial charge < -0.3 is 14.2 Å². The molecule has 1 saturated heterocycles. The van der Waals surface area contributed by atoms with Crippen LogP contribution in [0.15, 0.2) is 89.5 Å². The molecule has 0 N–H and O–H groups in total. The van der Waals surface area contributed by atoms with Crippen LogP contribution in [0.3, 0.4) is 0 Å². The van der Waals surface area contributed by atoms with Gasteiger partial charge in [0, 0.05) is 24.2 Å². The van der Waals surface area contributed by atoms with Crippen molar-refractivity contribution in [3.8, 4) is 22.9 Å². The maximum Gasteiger partial charge on any atom is 0.232 e. The van der Waals surface area contributed by atoms with Crippen molar-refractivity contribution >= 4 is 11.6 Å². The van der Waals surface area contributed by atoms with Crippen LogP contribution >= 0.6 is 0 Å². The molecule has 0 saturated carbocycles. The van der Waals surface area contributed by atoms with Crippen molar-refractivity contribution in [1.29, 1.82) is 0 Å². The summed E-state index contributed by atoms with van der Waals surface area (Å²) in [5.41, 5.74) is 1.72. The fraction of sp³-hybridized carbons (Fsp3) is 0.125. The molecule has 0 unspecified atom stereocenters. The molecule has 2 heterocycles. The minimum atomic E-state index is -0.111. The molecule has 30 heavy (non-hydrogen) atoms. The second kappa shape index (κ2) is 7.83. The van der Waals surface area contributed by atoms with E-state index in [2.05, 4.69) is 10.1 Å². The summed E-state index contributed by atoms with van der Waals surface area (Å²) in [5.74, 6) is 2.45. The largest absolute Gasteiger partial charge is 0.457 e. The highest BCUT2D eigenvalue weighted by atomic mass is 16.5. The fourth-order valence-corrected chi connectivity index (χ4v) is 3.55. The second-order valence-electron chi connectivity index (χ2n) is 7.14. The molecule has 1 aromatic heterocycles. The number of ether oxygens (including phenoxy) is 1. The average molecular weight is 397 g/mol. The highest BCUT2D eigenvalue weighted by Gasteiger charge is 2.35. The molecular weight excluding hydrogens is 378 g/mol. The number of aromatic nitrogens is 2. The maximum absolute atomic E-state index is 12.4. The molecule has 4 aromatic rings. The van der Waals surface area contributed by atoms with Gasteiger partial charge in [-0.2, -0.15) is 4.98 Å². The highest BCUT2D eigenvalue weighted by molar-refractivity contribution is 5.96. The van der Waals surface area contributed by atoms with Crippen molar-refractivity contribution in [2.75, 3.05) is 11.4 Å². The number of hydrogen-bond donors (Lipinski definition) is 0. The molecule has 6 heteroatoms. The standard InChI is InChI=1S/C24H19N3O3/c28-22-15-18(16-27(22)19-7-3-1-4-8-19)24-25-23(26-30-24)17-11-13-21(14-12-17)29-20-9-5-2-6-10-20/h1-14,18H,15-16H2/t18-/m1/s1. The molecular formula is C24H19N3O3. The van der Waals surface area contributed by atoms with E-state index >= 15 is 0 Å². The minimum Gasteiger partial charge on any atom is -0.457 e. The van der Waals surface area contributed by atoms with Crippen LogP contribution in [0.4, 0.5) is 5.69 Å². The first kappa shape index (κ1) is 18.1. The predicted octanol–water partition coefficient (Wildman–Crippen LogP) is 5.05. The molecule has 0 radical (unpaired) electrons. The highest BCUT2D eigenvalue weighted by Crippen LogP contribution is 2.32. The third kappa shape index (κ3) is 3.67. The zero-order valence-corrected chi connectivity index (χ0v) is 16.1. The third-order valence-corrected chi connectivity index (χ3v) is 5.08. The summed E-state index contributed by atoms with van der Waals surface area (Å²) in [6.07, 6.45) is 0.361. The van der Waals surface area contributed by atoms with E-state index in [1.54, 1.807) is 4.90 Å². The van der Waals surface area contributed by atoms with Crippen LogP contribution in [-0.4, -0.2) is 22.6 Å². The summed E-state index contributed by atoms with van der Waals surface area (Å²) in [7, 11) is 0. The Labute approximate surface area is 173 Å². The minimum absolute atomic E-state index is 0.0633. The van der Waals surface area contributed by atoms with Crippen LogP contribution in [0.2, 0.25) is 0 Å². The summed E-state index contributed by atoms with van der Waals surface area (Å²) in [5, 5.41) is 4.11. The van der Waals surface area contributed by atoms with Gasteiger partial charge in [-0.1, -0.05) is 41.6 Å². The van der Waals surface area contributed by atoms with E-state index in [1.165, 1.54) is 0 Å². The number of carbonyl (C=O) groups excluding carboxylic acids is 1. The summed E-state index contributed by atoms with van der Waals surface area (Å²) in [6.45, 7) is 0.536. The van der Waals surface area contributed by atoms with Gasteiger partial charge in [-0.25, -0.2) is 0 Å². The number of rotatable bonds is 5. The lowest BCUT2D eigenvalue weighted by molar-refractivity contribution is -0.117. The third-order valence-electron chi connectivity index (χ3n) is 5.08. The lowest BCUT2D eigenvalue weighted by Gasteiger charge is -2.15. The smallest absolute Gasteiger partial charge is 0.232 e. The van der Waals surface area contributed by atoms with Crippen LogP contribution in [0.25, 0.3) is 11.4 Å². The average Bonchev–Trinajstić information content (AvgIpc) is 3.43. The maximum atomic E-state index is 12.4. The van der Waals surface area contributed by atoms with Gasteiger partial charge in [-0.05, 0) is 48.5 Å². The quantitative estimate of drug-likeness (QED) is 0.471. The van der Waals surface area contributed by atoms with E-state index < -0.39 is 0 Å². The Morgan fingerprint density at radius 2 is 1.53 bits per heavy atom. The molecule has 148 valence electrons. The molecule has 1 atom stereocenters. The molecule has 1 aliphatic heterocycles. The molecule has 5 rings (SSSR count). The SMILES string of the molecule is O=C1C[C@@H](c2nc(-c3ccc(Oc4ccccc4)cc3)no2)CN1c1ccccc1. The van der Waals surface area contributed by atoms with E-state index in [1.807, 2.05) is 84.9 Å².